The summed E-state index contributed by atoms with van der Waals surface area (Å²) in [5.41, 5.74) is 2.65. The van der Waals surface area contributed by atoms with E-state index in [0.29, 0.717) is 6.04 Å². The highest BCUT2D eigenvalue weighted by molar-refractivity contribution is 7.10. The molecule has 1 aliphatic heterocycles. The van der Waals surface area contributed by atoms with Crippen LogP contribution < -0.4 is 5.32 Å². The van der Waals surface area contributed by atoms with Gasteiger partial charge in [0.15, 0.2) is 0 Å². The maximum atomic E-state index is 5.12. The summed E-state index contributed by atoms with van der Waals surface area (Å²) in [6.45, 7) is 1.06. The third-order valence-electron chi connectivity index (χ3n) is 2.67. The van der Waals surface area contributed by atoms with Crippen molar-refractivity contribution in [3.8, 4) is 0 Å². The lowest BCUT2D eigenvalue weighted by molar-refractivity contribution is 0.540. The Labute approximate surface area is 86.6 Å². The molecule has 0 bridgehead atoms. The third-order valence-corrected chi connectivity index (χ3v) is 3.66. The summed E-state index contributed by atoms with van der Waals surface area (Å²) < 4.78 is 5.12. The Kier molecular flexibility index (Phi) is 1.92. The molecule has 0 aliphatic carbocycles. The fraction of sp³-hybridized carbons (Fsp3) is 0.273. The maximum absolute atomic E-state index is 5.12. The van der Waals surface area contributed by atoms with Crippen molar-refractivity contribution in [2.45, 2.75) is 12.5 Å². The predicted octanol–water partition coefficient (Wildman–Crippen LogP) is 2.58. The van der Waals surface area contributed by atoms with Gasteiger partial charge >= 0.3 is 0 Å². The average Bonchev–Trinajstić information content (AvgIpc) is 2.88. The highest BCUT2D eigenvalue weighted by Crippen LogP contribution is 2.31. The molecule has 14 heavy (non-hydrogen) atoms. The van der Waals surface area contributed by atoms with Crippen LogP contribution in [0.2, 0.25) is 0 Å². The monoisotopic (exact) mass is 205 g/mol. The number of fused-ring (bicyclic) bond motifs is 1. The lowest BCUT2D eigenvalue weighted by Crippen LogP contribution is -2.29. The lowest BCUT2D eigenvalue weighted by Gasteiger charge is -2.23. The maximum Gasteiger partial charge on any atom is 0.0953 e. The molecule has 2 aromatic rings. The first-order valence-corrected chi connectivity index (χ1v) is 5.65. The second kappa shape index (κ2) is 3.26. The van der Waals surface area contributed by atoms with Gasteiger partial charge < -0.3 is 9.73 Å². The molecule has 2 aromatic heterocycles. The summed E-state index contributed by atoms with van der Waals surface area (Å²) >= 11 is 1.86. The van der Waals surface area contributed by atoms with Crippen molar-refractivity contribution >= 4 is 11.3 Å². The fourth-order valence-electron chi connectivity index (χ4n) is 1.99. The minimum Gasteiger partial charge on any atom is -0.472 e. The van der Waals surface area contributed by atoms with Crippen molar-refractivity contribution in [1.29, 1.82) is 0 Å². The molecular formula is C11H11NOS. The first-order valence-electron chi connectivity index (χ1n) is 4.77. The summed E-state index contributed by atoms with van der Waals surface area (Å²) in [6.07, 6.45) is 4.71. The highest BCUT2D eigenvalue weighted by Gasteiger charge is 2.22. The molecule has 3 rings (SSSR count). The molecule has 3 heteroatoms. The summed E-state index contributed by atoms with van der Waals surface area (Å²) in [4.78, 5) is 1.51. The van der Waals surface area contributed by atoms with Gasteiger partial charge in [-0.3, -0.25) is 0 Å². The van der Waals surface area contributed by atoms with Crippen molar-refractivity contribution in [1.82, 2.24) is 5.32 Å². The molecule has 72 valence electrons. The van der Waals surface area contributed by atoms with Gasteiger partial charge in [0.05, 0.1) is 18.6 Å². The van der Waals surface area contributed by atoms with Crippen molar-refractivity contribution in [2.24, 2.45) is 0 Å². The second-order valence-electron chi connectivity index (χ2n) is 3.49. The van der Waals surface area contributed by atoms with Crippen molar-refractivity contribution in [2.75, 3.05) is 6.54 Å². The van der Waals surface area contributed by atoms with Gasteiger partial charge in [0.1, 0.15) is 0 Å². The van der Waals surface area contributed by atoms with E-state index in [1.54, 1.807) is 6.26 Å². The summed E-state index contributed by atoms with van der Waals surface area (Å²) in [5, 5.41) is 5.68. The van der Waals surface area contributed by atoms with E-state index < -0.39 is 0 Å². The Bertz CT molecular complexity index is 418. The largest absolute Gasteiger partial charge is 0.472 e. The van der Waals surface area contributed by atoms with Crippen LogP contribution in [0.25, 0.3) is 0 Å². The van der Waals surface area contributed by atoms with E-state index in [-0.39, 0.29) is 0 Å². The molecule has 0 saturated carbocycles. The van der Waals surface area contributed by atoms with E-state index >= 15 is 0 Å². The van der Waals surface area contributed by atoms with Gasteiger partial charge in [-0.15, -0.1) is 11.3 Å². The van der Waals surface area contributed by atoms with Gasteiger partial charge in [-0.1, -0.05) is 0 Å². The molecule has 1 unspecified atom stereocenters. The normalized spacial score (nSPS) is 20.7. The number of hydrogen-bond acceptors (Lipinski definition) is 3. The summed E-state index contributed by atoms with van der Waals surface area (Å²) in [5.74, 6) is 0. The lowest BCUT2D eigenvalue weighted by atomic mass is 9.98. The standard InChI is InChI=1S/C11H11NOS/c1-4-12-11(8-2-5-13-7-8)9-3-6-14-10(1)9/h2-3,5-7,11-12H,1,4H2. The van der Waals surface area contributed by atoms with Crippen molar-refractivity contribution in [3.05, 3.63) is 46.0 Å². The first kappa shape index (κ1) is 8.26. The van der Waals surface area contributed by atoms with Crippen LogP contribution >= 0.6 is 11.3 Å². The van der Waals surface area contributed by atoms with Gasteiger partial charge in [-0.25, -0.2) is 0 Å². The van der Waals surface area contributed by atoms with Crippen LogP contribution in [0, 0.1) is 0 Å². The van der Waals surface area contributed by atoms with E-state index in [2.05, 4.69) is 16.8 Å². The zero-order valence-electron chi connectivity index (χ0n) is 7.69. The van der Waals surface area contributed by atoms with Gasteiger partial charge in [0.2, 0.25) is 0 Å². The molecular weight excluding hydrogens is 194 g/mol. The quantitative estimate of drug-likeness (QED) is 0.774. The van der Waals surface area contributed by atoms with Crippen LogP contribution in [0.5, 0.6) is 0 Å². The molecule has 3 heterocycles. The summed E-state index contributed by atoms with van der Waals surface area (Å²) in [6, 6.07) is 4.58. The van der Waals surface area contributed by atoms with E-state index in [4.69, 9.17) is 4.42 Å². The Morgan fingerprint density at radius 3 is 3.29 bits per heavy atom. The Balaban J connectivity index is 2.04. The zero-order valence-corrected chi connectivity index (χ0v) is 8.51. The van der Waals surface area contributed by atoms with Crippen molar-refractivity contribution in [3.63, 3.8) is 0 Å². The predicted molar refractivity (Wildman–Crippen MR) is 56.6 cm³/mol. The van der Waals surface area contributed by atoms with Crippen LogP contribution in [-0.2, 0) is 6.42 Å². The average molecular weight is 205 g/mol. The van der Waals surface area contributed by atoms with Gasteiger partial charge in [-0.2, -0.15) is 0 Å². The van der Waals surface area contributed by atoms with Gasteiger partial charge in [0, 0.05) is 17.0 Å². The minimum atomic E-state index is 0.337. The van der Waals surface area contributed by atoms with E-state index in [1.165, 1.54) is 16.0 Å². The van der Waals surface area contributed by atoms with E-state index in [0.717, 1.165) is 13.0 Å². The molecule has 0 radical (unpaired) electrons. The van der Waals surface area contributed by atoms with E-state index in [9.17, 15) is 0 Å². The molecule has 0 aromatic carbocycles. The molecule has 0 saturated heterocycles. The van der Waals surface area contributed by atoms with Crippen LogP contribution in [-0.4, -0.2) is 6.54 Å². The minimum absolute atomic E-state index is 0.337. The highest BCUT2D eigenvalue weighted by atomic mass is 32.1. The van der Waals surface area contributed by atoms with Crippen LogP contribution in [0.3, 0.4) is 0 Å². The van der Waals surface area contributed by atoms with Gasteiger partial charge in [0.25, 0.3) is 0 Å². The van der Waals surface area contributed by atoms with Crippen molar-refractivity contribution < 1.29 is 4.42 Å². The van der Waals surface area contributed by atoms with Crippen LogP contribution in [0.1, 0.15) is 22.0 Å². The smallest absolute Gasteiger partial charge is 0.0953 e. The number of hydrogen-bond donors (Lipinski definition) is 1. The number of furan rings is 1. The first-order chi connectivity index (χ1) is 6.95. The molecule has 1 N–H and O–H groups in total. The van der Waals surface area contributed by atoms with Gasteiger partial charge in [-0.05, 0) is 29.5 Å². The number of rotatable bonds is 1. The molecule has 1 atom stereocenters. The Morgan fingerprint density at radius 2 is 2.43 bits per heavy atom. The molecule has 2 nitrogen and oxygen atoms in total. The fourth-order valence-corrected chi connectivity index (χ4v) is 2.91. The third kappa shape index (κ3) is 1.21. The zero-order chi connectivity index (χ0) is 9.38. The Hall–Kier alpha value is -1.06. The van der Waals surface area contributed by atoms with Crippen LogP contribution in [0.15, 0.2) is 34.5 Å². The summed E-state index contributed by atoms with van der Waals surface area (Å²) in [7, 11) is 0. The van der Waals surface area contributed by atoms with E-state index in [1.807, 2.05) is 23.7 Å². The van der Waals surface area contributed by atoms with Crippen LogP contribution in [0.4, 0.5) is 0 Å². The molecule has 1 aliphatic rings. The number of thiophene rings is 1. The molecule has 0 fully saturated rings. The second-order valence-corrected chi connectivity index (χ2v) is 4.49. The molecule has 0 spiro atoms. The number of nitrogens with one attached hydrogen (secondary N) is 1. The SMILES string of the molecule is c1cc(C2NCCc3sccc32)co1. The molecule has 0 amide bonds. The Morgan fingerprint density at radius 1 is 1.43 bits per heavy atom. The topological polar surface area (TPSA) is 25.2 Å².